The van der Waals surface area contributed by atoms with E-state index in [9.17, 15) is 5.26 Å². The fourth-order valence-corrected chi connectivity index (χ4v) is 6.84. The Labute approximate surface area is 311 Å². The van der Waals surface area contributed by atoms with E-state index in [4.69, 9.17) is 25.8 Å². The van der Waals surface area contributed by atoms with E-state index < -0.39 is 0 Å². The van der Waals surface area contributed by atoms with Crippen molar-refractivity contribution >= 4 is 11.6 Å². The molecule has 3 aromatic carbocycles. The molecule has 10 heteroatoms. The molecule has 0 saturated carbocycles. The van der Waals surface area contributed by atoms with Gasteiger partial charge in [0.15, 0.2) is 0 Å². The van der Waals surface area contributed by atoms with Crippen LogP contribution in [0.3, 0.4) is 0 Å². The highest BCUT2D eigenvalue weighted by atomic mass is 35.5. The third-order valence-electron chi connectivity index (χ3n) is 9.40. The first-order valence-electron chi connectivity index (χ1n) is 17.8. The van der Waals surface area contributed by atoms with Gasteiger partial charge in [0.1, 0.15) is 36.5 Å². The monoisotopic (exact) mass is 716 g/mol. The number of pyridine rings is 1. The van der Waals surface area contributed by atoms with Gasteiger partial charge in [-0.05, 0) is 99.3 Å². The fourth-order valence-electron chi connectivity index (χ4n) is 6.59. The predicted molar refractivity (Wildman–Crippen MR) is 203 cm³/mol. The van der Waals surface area contributed by atoms with Crippen molar-refractivity contribution in [1.82, 2.24) is 24.8 Å². The van der Waals surface area contributed by atoms with Gasteiger partial charge in [-0.2, -0.15) is 5.26 Å². The number of hydrogen-bond acceptors (Lipinski definition) is 9. The predicted octanol–water partition coefficient (Wildman–Crippen LogP) is 8.34. The van der Waals surface area contributed by atoms with Crippen molar-refractivity contribution in [3.63, 3.8) is 0 Å². The van der Waals surface area contributed by atoms with E-state index in [2.05, 4.69) is 81.1 Å². The Kier molecular flexibility index (Phi) is 12.7. The third-order valence-corrected chi connectivity index (χ3v) is 9.70. The lowest BCUT2D eigenvalue weighted by atomic mass is 9.93. The van der Waals surface area contributed by atoms with Gasteiger partial charge in [-0.15, -0.1) is 0 Å². The summed E-state index contributed by atoms with van der Waals surface area (Å²) in [5, 5.41) is 9.83. The van der Waals surface area contributed by atoms with Crippen molar-refractivity contribution in [1.29, 1.82) is 5.26 Å². The van der Waals surface area contributed by atoms with Gasteiger partial charge in [-0.3, -0.25) is 19.9 Å². The van der Waals surface area contributed by atoms with E-state index in [1.165, 1.54) is 32.1 Å². The van der Waals surface area contributed by atoms with Crippen LogP contribution in [-0.2, 0) is 26.3 Å². The molecular weight excluding hydrogens is 672 g/mol. The van der Waals surface area contributed by atoms with Crippen LogP contribution in [0.1, 0.15) is 58.3 Å². The summed E-state index contributed by atoms with van der Waals surface area (Å²) in [6.07, 6.45) is 12.0. The maximum atomic E-state index is 9.35. The highest BCUT2D eigenvalue weighted by Crippen LogP contribution is 2.37. The molecule has 0 aliphatic carbocycles. The molecule has 3 heterocycles. The summed E-state index contributed by atoms with van der Waals surface area (Å²) in [4.78, 5) is 17.4. The average Bonchev–Trinajstić information content (AvgIpc) is 3.68. The van der Waals surface area contributed by atoms with Crippen molar-refractivity contribution in [2.45, 2.75) is 59.4 Å². The van der Waals surface area contributed by atoms with Gasteiger partial charge in [0.2, 0.25) is 0 Å². The highest BCUT2D eigenvalue weighted by molar-refractivity contribution is 6.32. The van der Waals surface area contributed by atoms with Gasteiger partial charge >= 0.3 is 0 Å². The normalized spacial score (nSPS) is 12.9. The SMILES string of the molecule is Cc1c(COc2cc(OCc3cncc(C#N)c3)c(CN(C)Cc3cnccn3)cc2Cl)cccc1-c1cccc(OCCCN2CCCC2)c1C. The van der Waals surface area contributed by atoms with Gasteiger partial charge in [0.25, 0.3) is 0 Å². The van der Waals surface area contributed by atoms with Gasteiger partial charge in [0.05, 0.1) is 22.9 Å². The minimum absolute atomic E-state index is 0.228. The number of rotatable bonds is 16. The maximum absolute atomic E-state index is 9.35. The molecule has 0 amide bonds. The Bertz CT molecular complexity index is 1990. The molecule has 268 valence electrons. The second-order valence-electron chi connectivity index (χ2n) is 13.3. The quantitative estimate of drug-likeness (QED) is 0.0934. The molecule has 0 N–H and O–H groups in total. The van der Waals surface area contributed by atoms with Crippen molar-refractivity contribution in [3.05, 3.63) is 130 Å². The molecule has 52 heavy (non-hydrogen) atoms. The van der Waals surface area contributed by atoms with Crippen LogP contribution < -0.4 is 14.2 Å². The maximum Gasteiger partial charge on any atom is 0.142 e. The number of benzene rings is 3. The Morgan fingerprint density at radius 3 is 2.38 bits per heavy atom. The second-order valence-corrected chi connectivity index (χ2v) is 13.7. The standard InChI is InChI=1S/C42H45ClN6O3/c1-30-34(9-6-10-37(30)38-11-7-12-40(31(38)2)50-18-8-17-49-15-4-5-16-49)29-52-42-21-41(51-28-33-19-32(22-44)23-46-24-33)35(20-39(42)43)26-48(3)27-36-25-45-13-14-47-36/h6-7,9-14,19-21,23-25H,4-5,8,15-18,26-29H2,1-3H3. The van der Waals surface area contributed by atoms with Crippen LogP contribution in [0.15, 0.2) is 85.6 Å². The number of aromatic nitrogens is 3. The van der Waals surface area contributed by atoms with Crippen LogP contribution in [-0.4, -0.2) is 58.0 Å². The van der Waals surface area contributed by atoms with E-state index in [0.717, 1.165) is 63.4 Å². The Morgan fingerprint density at radius 1 is 0.808 bits per heavy atom. The highest BCUT2D eigenvalue weighted by Gasteiger charge is 2.17. The van der Waals surface area contributed by atoms with Crippen LogP contribution in [0.25, 0.3) is 11.1 Å². The lowest BCUT2D eigenvalue weighted by Gasteiger charge is -2.21. The van der Waals surface area contributed by atoms with Crippen molar-refractivity contribution < 1.29 is 14.2 Å². The van der Waals surface area contributed by atoms with Gasteiger partial charge in [-0.1, -0.05) is 41.9 Å². The molecule has 1 saturated heterocycles. The molecule has 0 unspecified atom stereocenters. The fraction of sp³-hybridized carbons (Fsp3) is 0.333. The molecular formula is C42H45ClN6O3. The van der Waals surface area contributed by atoms with E-state index in [0.29, 0.717) is 48.4 Å². The summed E-state index contributed by atoms with van der Waals surface area (Å²) >= 11 is 6.88. The number of halogens is 1. The molecule has 1 fully saturated rings. The van der Waals surface area contributed by atoms with Crippen LogP contribution in [0.2, 0.25) is 5.02 Å². The lowest BCUT2D eigenvalue weighted by molar-refractivity contribution is 0.262. The number of hydrogen-bond donors (Lipinski definition) is 0. The topological polar surface area (TPSA) is 96.6 Å². The minimum atomic E-state index is 0.228. The van der Waals surface area contributed by atoms with E-state index >= 15 is 0 Å². The first kappa shape index (κ1) is 36.8. The van der Waals surface area contributed by atoms with Crippen LogP contribution >= 0.6 is 11.6 Å². The molecule has 5 aromatic rings. The lowest BCUT2D eigenvalue weighted by Crippen LogP contribution is -2.22. The average molecular weight is 717 g/mol. The molecule has 1 aliphatic rings. The largest absolute Gasteiger partial charge is 0.493 e. The molecule has 6 rings (SSSR count). The zero-order valence-corrected chi connectivity index (χ0v) is 30.9. The van der Waals surface area contributed by atoms with Gasteiger partial charge in [0, 0.05) is 67.8 Å². The Morgan fingerprint density at radius 2 is 1.60 bits per heavy atom. The zero-order valence-electron chi connectivity index (χ0n) is 30.1. The van der Waals surface area contributed by atoms with Crippen LogP contribution in [0, 0.1) is 25.2 Å². The number of nitriles is 1. The number of nitrogens with zero attached hydrogens (tertiary/aromatic N) is 6. The summed E-state index contributed by atoms with van der Waals surface area (Å²) in [7, 11) is 2.01. The summed E-state index contributed by atoms with van der Waals surface area (Å²) in [6.45, 7) is 10.2. The van der Waals surface area contributed by atoms with E-state index in [-0.39, 0.29) is 6.61 Å². The Balaban J connectivity index is 1.18. The van der Waals surface area contributed by atoms with Crippen molar-refractivity contribution in [2.75, 3.05) is 33.3 Å². The molecule has 9 nitrogen and oxygen atoms in total. The molecule has 0 atom stereocenters. The van der Waals surface area contributed by atoms with Gasteiger partial charge < -0.3 is 19.1 Å². The first-order valence-corrected chi connectivity index (χ1v) is 18.1. The number of likely N-dealkylation sites (tertiary alicyclic amines) is 1. The smallest absolute Gasteiger partial charge is 0.142 e. The van der Waals surface area contributed by atoms with Crippen molar-refractivity contribution in [3.8, 4) is 34.4 Å². The summed E-state index contributed by atoms with van der Waals surface area (Å²) in [5.74, 6) is 2.08. The molecule has 0 bridgehead atoms. The summed E-state index contributed by atoms with van der Waals surface area (Å²) in [6, 6.07) is 20.3. The molecule has 0 radical (unpaired) electrons. The van der Waals surface area contributed by atoms with Crippen LogP contribution in [0.4, 0.5) is 0 Å². The minimum Gasteiger partial charge on any atom is -0.493 e. The van der Waals surface area contributed by atoms with E-state index in [1.54, 1.807) is 30.9 Å². The van der Waals surface area contributed by atoms with E-state index in [1.807, 2.05) is 19.2 Å². The molecule has 2 aromatic heterocycles. The second kappa shape index (κ2) is 18.0. The van der Waals surface area contributed by atoms with Crippen LogP contribution in [0.5, 0.6) is 17.2 Å². The Hall–Kier alpha value is -5.01. The van der Waals surface area contributed by atoms with Gasteiger partial charge in [-0.25, -0.2) is 0 Å². The third kappa shape index (κ3) is 9.65. The zero-order chi connectivity index (χ0) is 36.3. The summed E-state index contributed by atoms with van der Waals surface area (Å²) in [5.41, 5.74) is 8.62. The number of ether oxygens (including phenoxy) is 3. The van der Waals surface area contributed by atoms with Crippen molar-refractivity contribution in [2.24, 2.45) is 0 Å². The molecule has 1 aliphatic heterocycles. The molecule has 0 spiro atoms. The summed E-state index contributed by atoms with van der Waals surface area (Å²) < 4.78 is 19.0. The first-order chi connectivity index (χ1) is 25.4.